The molecule has 1 aliphatic rings. The van der Waals surface area contributed by atoms with Crippen LogP contribution >= 0.6 is 11.8 Å². The van der Waals surface area contributed by atoms with E-state index in [0.29, 0.717) is 11.9 Å². The van der Waals surface area contributed by atoms with Crippen molar-refractivity contribution in [1.29, 1.82) is 0 Å². The van der Waals surface area contributed by atoms with Crippen molar-refractivity contribution >= 4 is 17.7 Å². The van der Waals surface area contributed by atoms with Gasteiger partial charge >= 0.3 is 0 Å². The van der Waals surface area contributed by atoms with Gasteiger partial charge < -0.3 is 4.90 Å². The van der Waals surface area contributed by atoms with Gasteiger partial charge in [0.2, 0.25) is 5.91 Å². The summed E-state index contributed by atoms with van der Waals surface area (Å²) >= 11 is 2.00. The molecule has 1 rings (SSSR count). The van der Waals surface area contributed by atoms with Crippen LogP contribution in [0.5, 0.6) is 0 Å². The van der Waals surface area contributed by atoms with Gasteiger partial charge in [-0.05, 0) is 37.7 Å². The molecule has 1 amide bonds. The van der Waals surface area contributed by atoms with Gasteiger partial charge in [0.25, 0.3) is 0 Å². The van der Waals surface area contributed by atoms with E-state index in [0.717, 1.165) is 25.8 Å². The van der Waals surface area contributed by atoms with E-state index in [1.54, 1.807) is 0 Å². The van der Waals surface area contributed by atoms with E-state index < -0.39 is 0 Å². The number of hydrogen-bond acceptors (Lipinski definition) is 2. The number of amides is 1. The zero-order valence-corrected chi connectivity index (χ0v) is 10.1. The minimum atomic E-state index is 0.359. The van der Waals surface area contributed by atoms with Gasteiger partial charge in [-0.3, -0.25) is 4.79 Å². The standard InChI is InChI=1S/C11H21NOS/c1-3-8-14-9-4-7-12-10(2)5-6-11(12)13/h10H,3-9H2,1-2H3. The SMILES string of the molecule is CCCSCCCN1C(=O)CCC1C. The Morgan fingerprint density at radius 2 is 2.29 bits per heavy atom. The van der Waals surface area contributed by atoms with Crippen molar-refractivity contribution in [2.24, 2.45) is 0 Å². The van der Waals surface area contributed by atoms with Crippen LogP contribution in [0.4, 0.5) is 0 Å². The molecule has 0 saturated carbocycles. The highest BCUT2D eigenvalue weighted by molar-refractivity contribution is 7.99. The molecule has 0 aliphatic carbocycles. The average molecular weight is 215 g/mol. The van der Waals surface area contributed by atoms with Crippen LogP contribution in [0.1, 0.15) is 39.5 Å². The maximum atomic E-state index is 11.4. The van der Waals surface area contributed by atoms with Gasteiger partial charge in [0.1, 0.15) is 0 Å². The number of nitrogens with zero attached hydrogens (tertiary/aromatic N) is 1. The third-order valence-corrected chi connectivity index (χ3v) is 3.94. The summed E-state index contributed by atoms with van der Waals surface area (Å²) in [5.74, 6) is 2.81. The molecule has 1 heterocycles. The maximum absolute atomic E-state index is 11.4. The van der Waals surface area contributed by atoms with Gasteiger partial charge in [0, 0.05) is 19.0 Å². The molecule has 3 heteroatoms. The first-order valence-electron chi connectivity index (χ1n) is 5.63. The van der Waals surface area contributed by atoms with E-state index in [-0.39, 0.29) is 0 Å². The van der Waals surface area contributed by atoms with Crippen LogP contribution in [0.25, 0.3) is 0 Å². The van der Waals surface area contributed by atoms with Crippen molar-refractivity contribution in [1.82, 2.24) is 4.90 Å². The number of likely N-dealkylation sites (tertiary alicyclic amines) is 1. The Labute approximate surface area is 91.4 Å². The van der Waals surface area contributed by atoms with Crippen molar-refractivity contribution in [3.05, 3.63) is 0 Å². The number of rotatable bonds is 6. The predicted octanol–water partition coefficient (Wildman–Crippen LogP) is 2.53. The van der Waals surface area contributed by atoms with Crippen molar-refractivity contribution < 1.29 is 4.79 Å². The molecule has 1 fully saturated rings. The second-order valence-electron chi connectivity index (χ2n) is 3.94. The maximum Gasteiger partial charge on any atom is 0.222 e. The van der Waals surface area contributed by atoms with Crippen LogP contribution in [-0.2, 0) is 4.79 Å². The smallest absolute Gasteiger partial charge is 0.222 e. The van der Waals surface area contributed by atoms with E-state index in [1.165, 1.54) is 17.9 Å². The van der Waals surface area contributed by atoms with Crippen LogP contribution in [0.15, 0.2) is 0 Å². The highest BCUT2D eigenvalue weighted by Crippen LogP contribution is 2.18. The number of thioether (sulfide) groups is 1. The highest BCUT2D eigenvalue weighted by atomic mass is 32.2. The highest BCUT2D eigenvalue weighted by Gasteiger charge is 2.26. The Morgan fingerprint density at radius 3 is 2.86 bits per heavy atom. The quantitative estimate of drug-likeness (QED) is 0.635. The molecule has 0 aromatic rings. The normalized spacial score (nSPS) is 22.0. The Kier molecular flexibility index (Phi) is 5.38. The summed E-state index contributed by atoms with van der Waals surface area (Å²) in [5.41, 5.74) is 0. The molecular formula is C11H21NOS. The van der Waals surface area contributed by atoms with Gasteiger partial charge in [-0.2, -0.15) is 11.8 Å². The van der Waals surface area contributed by atoms with Crippen LogP contribution in [0.2, 0.25) is 0 Å². The monoisotopic (exact) mass is 215 g/mol. The molecule has 0 aromatic carbocycles. The molecule has 14 heavy (non-hydrogen) atoms. The molecule has 0 spiro atoms. The summed E-state index contributed by atoms with van der Waals surface area (Å²) in [6, 6.07) is 0.485. The third-order valence-electron chi connectivity index (χ3n) is 2.66. The molecule has 0 N–H and O–H groups in total. The molecule has 1 atom stereocenters. The van der Waals surface area contributed by atoms with Gasteiger partial charge in [-0.1, -0.05) is 6.92 Å². The van der Waals surface area contributed by atoms with E-state index >= 15 is 0 Å². The van der Waals surface area contributed by atoms with Crippen molar-refractivity contribution in [3.8, 4) is 0 Å². The molecule has 2 nitrogen and oxygen atoms in total. The lowest BCUT2D eigenvalue weighted by Gasteiger charge is -2.21. The second kappa shape index (κ2) is 6.33. The second-order valence-corrected chi connectivity index (χ2v) is 5.17. The Bertz CT molecular complexity index is 184. The van der Waals surface area contributed by atoms with Gasteiger partial charge in [0.15, 0.2) is 0 Å². The summed E-state index contributed by atoms with van der Waals surface area (Å²) in [5, 5.41) is 0. The van der Waals surface area contributed by atoms with Gasteiger partial charge in [-0.25, -0.2) is 0 Å². The van der Waals surface area contributed by atoms with Crippen LogP contribution in [-0.4, -0.2) is 34.9 Å². The fraction of sp³-hybridized carbons (Fsp3) is 0.909. The summed E-state index contributed by atoms with van der Waals surface area (Å²) in [6.45, 7) is 5.33. The fourth-order valence-electron chi connectivity index (χ4n) is 1.81. The fourth-order valence-corrected chi connectivity index (χ4v) is 2.63. The largest absolute Gasteiger partial charge is 0.340 e. The summed E-state index contributed by atoms with van der Waals surface area (Å²) in [7, 11) is 0. The Morgan fingerprint density at radius 1 is 1.50 bits per heavy atom. The zero-order chi connectivity index (χ0) is 10.4. The van der Waals surface area contributed by atoms with Crippen LogP contribution < -0.4 is 0 Å². The van der Waals surface area contributed by atoms with Crippen molar-refractivity contribution in [2.75, 3.05) is 18.1 Å². The molecule has 82 valence electrons. The first-order chi connectivity index (χ1) is 6.75. The van der Waals surface area contributed by atoms with Crippen molar-refractivity contribution in [2.45, 2.75) is 45.6 Å². The Balaban J connectivity index is 2.08. The lowest BCUT2D eigenvalue weighted by atomic mass is 10.2. The minimum absolute atomic E-state index is 0.359. The average Bonchev–Trinajstić information content (AvgIpc) is 2.48. The molecule has 1 aliphatic heterocycles. The van der Waals surface area contributed by atoms with Crippen LogP contribution in [0, 0.1) is 0 Å². The Hall–Kier alpha value is -0.180. The zero-order valence-electron chi connectivity index (χ0n) is 9.29. The van der Waals surface area contributed by atoms with E-state index in [9.17, 15) is 4.79 Å². The summed E-state index contributed by atoms with van der Waals surface area (Å²) < 4.78 is 0. The van der Waals surface area contributed by atoms with E-state index in [4.69, 9.17) is 0 Å². The van der Waals surface area contributed by atoms with Gasteiger partial charge in [0.05, 0.1) is 0 Å². The molecule has 1 unspecified atom stereocenters. The minimum Gasteiger partial charge on any atom is -0.340 e. The summed E-state index contributed by atoms with van der Waals surface area (Å²) in [6.07, 6.45) is 4.23. The van der Waals surface area contributed by atoms with E-state index in [2.05, 4.69) is 13.8 Å². The first-order valence-corrected chi connectivity index (χ1v) is 6.78. The van der Waals surface area contributed by atoms with Gasteiger partial charge in [-0.15, -0.1) is 0 Å². The lowest BCUT2D eigenvalue weighted by Crippen LogP contribution is -2.32. The lowest BCUT2D eigenvalue weighted by molar-refractivity contribution is -0.128. The van der Waals surface area contributed by atoms with Crippen LogP contribution in [0.3, 0.4) is 0 Å². The molecule has 1 saturated heterocycles. The molecule has 0 bridgehead atoms. The topological polar surface area (TPSA) is 20.3 Å². The van der Waals surface area contributed by atoms with E-state index in [1.807, 2.05) is 16.7 Å². The first kappa shape index (κ1) is 11.9. The number of carbonyl (C=O) groups excluding carboxylic acids is 1. The number of carbonyl (C=O) groups is 1. The third kappa shape index (κ3) is 3.52. The molecule has 0 radical (unpaired) electrons. The molecule has 0 aromatic heterocycles. The van der Waals surface area contributed by atoms with Crippen molar-refractivity contribution in [3.63, 3.8) is 0 Å². The predicted molar refractivity (Wildman–Crippen MR) is 62.6 cm³/mol. The summed E-state index contributed by atoms with van der Waals surface area (Å²) in [4.78, 5) is 13.5. The number of hydrogen-bond donors (Lipinski definition) is 0. The molecular weight excluding hydrogens is 194 g/mol.